The minimum atomic E-state index is -0.309. The zero-order valence-electron chi connectivity index (χ0n) is 7.86. The molecule has 5 heteroatoms. The van der Waals surface area contributed by atoms with Crippen molar-refractivity contribution in [2.75, 3.05) is 13.7 Å². The van der Waals surface area contributed by atoms with Crippen molar-refractivity contribution < 1.29 is 14.6 Å². The smallest absolute Gasteiger partial charge is 0.382 e. The fourth-order valence-corrected chi connectivity index (χ4v) is 1.16. The Morgan fingerprint density at radius 1 is 1.71 bits per heavy atom. The Morgan fingerprint density at radius 3 is 3.00 bits per heavy atom. The van der Waals surface area contributed by atoms with Crippen molar-refractivity contribution in [3.05, 3.63) is 29.1 Å². The quantitative estimate of drug-likeness (QED) is 0.400. The van der Waals surface area contributed by atoms with E-state index in [0.29, 0.717) is 10.3 Å². The minimum absolute atomic E-state index is 0.148. The molecule has 1 aromatic rings. The summed E-state index contributed by atoms with van der Waals surface area (Å²) in [5, 5.41) is 27.2. The van der Waals surface area contributed by atoms with Crippen LogP contribution >= 0.6 is 0 Å². The third kappa shape index (κ3) is 2.20. The fourth-order valence-electron chi connectivity index (χ4n) is 1.16. The molecule has 0 aliphatic carbocycles. The number of pyridine rings is 1. The molecule has 1 heterocycles. The second-order valence-electron chi connectivity index (χ2n) is 2.81. The number of nitrogens with zero attached hydrogens (tertiary/aromatic N) is 1. The van der Waals surface area contributed by atoms with Crippen LogP contribution in [0.1, 0.15) is 5.56 Å². The number of aliphatic hydroxyl groups is 1. The zero-order valence-corrected chi connectivity index (χ0v) is 7.86. The molecule has 0 bridgehead atoms. The van der Waals surface area contributed by atoms with Crippen LogP contribution in [0.2, 0.25) is 0 Å². The minimum Gasteiger partial charge on any atom is -0.616 e. The molecule has 14 heavy (non-hydrogen) atoms. The molecule has 0 spiro atoms. The molecule has 0 fully saturated rings. The monoisotopic (exact) mass is 196 g/mol. The van der Waals surface area contributed by atoms with Crippen LogP contribution in [0.3, 0.4) is 0 Å². The number of methoxy groups -OCH3 is 1. The van der Waals surface area contributed by atoms with Gasteiger partial charge in [-0.05, 0) is 6.07 Å². The Kier molecular flexibility index (Phi) is 3.41. The van der Waals surface area contributed by atoms with Gasteiger partial charge in [0, 0.05) is 18.2 Å². The van der Waals surface area contributed by atoms with Crippen LogP contribution in [-0.4, -0.2) is 24.5 Å². The number of nitrogens with one attached hydrogen (secondary N) is 1. The third-order valence-corrected chi connectivity index (χ3v) is 1.78. The van der Waals surface area contributed by atoms with Crippen LogP contribution in [0.15, 0.2) is 18.3 Å². The molecule has 0 atom stereocenters. The van der Waals surface area contributed by atoms with E-state index >= 15 is 0 Å². The van der Waals surface area contributed by atoms with E-state index in [9.17, 15) is 5.21 Å². The van der Waals surface area contributed by atoms with Crippen LogP contribution in [0, 0.1) is 10.6 Å². The lowest BCUT2D eigenvalue weighted by Crippen LogP contribution is -2.29. The predicted molar refractivity (Wildman–Crippen MR) is 50.5 cm³/mol. The molecular formula is C9H12N2O3. The highest BCUT2D eigenvalue weighted by Crippen LogP contribution is 2.12. The molecule has 1 rings (SSSR count). The van der Waals surface area contributed by atoms with Gasteiger partial charge >= 0.3 is 5.88 Å². The summed E-state index contributed by atoms with van der Waals surface area (Å²) in [5.41, 5.74) is 0.749. The number of rotatable bonds is 4. The van der Waals surface area contributed by atoms with Gasteiger partial charge in [0.15, 0.2) is 6.20 Å². The Morgan fingerprint density at radius 2 is 2.43 bits per heavy atom. The number of aromatic nitrogens is 1. The van der Waals surface area contributed by atoms with Gasteiger partial charge in [0.2, 0.25) is 0 Å². The molecule has 0 aliphatic heterocycles. The summed E-state index contributed by atoms with van der Waals surface area (Å²) in [4.78, 5) is 0. The Hall–Kier alpha value is -1.62. The van der Waals surface area contributed by atoms with Crippen molar-refractivity contribution >= 4 is 5.71 Å². The fraction of sp³-hybridized carbons (Fsp3) is 0.333. The van der Waals surface area contributed by atoms with Gasteiger partial charge in [0.25, 0.3) is 0 Å². The van der Waals surface area contributed by atoms with Crippen LogP contribution in [0.4, 0.5) is 0 Å². The van der Waals surface area contributed by atoms with Crippen LogP contribution in [0.5, 0.6) is 5.88 Å². The molecule has 0 saturated carbocycles. The maximum atomic E-state index is 11.2. The summed E-state index contributed by atoms with van der Waals surface area (Å²) in [6.07, 6.45) is 1.55. The van der Waals surface area contributed by atoms with Crippen molar-refractivity contribution in [2.24, 2.45) is 0 Å². The van der Waals surface area contributed by atoms with Gasteiger partial charge in [-0.15, -0.1) is 4.73 Å². The first-order valence-electron chi connectivity index (χ1n) is 4.11. The highest BCUT2D eigenvalue weighted by Gasteiger charge is 2.13. The van der Waals surface area contributed by atoms with Crippen molar-refractivity contribution in [2.45, 2.75) is 6.42 Å². The summed E-state index contributed by atoms with van der Waals surface area (Å²) in [5.74, 6) is 0.172. The normalized spacial score (nSPS) is 9.86. The van der Waals surface area contributed by atoms with Gasteiger partial charge in [-0.25, -0.2) is 0 Å². The molecule has 76 valence electrons. The van der Waals surface area contributed by atoms with E-state index in [4.69, 9.17) is 15.3 Å². The van der Waals surface area contributed by atoms with Gasteiger partial charge in [-0.3, -0.25) is 0 Å². The van der Waals surface area contributed by atoms with Gasteiger partial charge in [-0.1, -0.05) is 0 Å². The maximum absolute atomic E-state index is 11.2. The van der Waals surface area contributed by atoms with Crippen LogP contribution < -0.4 is 9.47 Å². The van der Waals surface area contributed by atoms with E-state index in [1.54, 1.807) is 12.1 Å². The van der Waals surface area contributed by atoms with Crippen molar-refractivity contribution in [3.8, 4) is 5.88 Å². The standard InChI is InChI=1S/C9H12N2O3/c1-14-9-7(5-8(10)6-12)3-2-4-11(9)13/h2-4,10,12H,5-6H2,1H3. The number of hydrogen-bond acceptors (Lipinski definition) is 4. The van der Waals surface area contributed by atoms with Crippen molar-refractivity contribution in [3.63, 3.8) is 0 Å². The molecule has 1 aromatic heterocycles. The third-order valence-electron chi connectivity index (χ3n) is 1.78. The summed E-state index contributed by atoms with van der Waals surface area (Å²) < 4.78 is 5.49. The van der Waals surface area contributed by atoms with E-state index < -0.39 is 0 Å². The SMILES string of the molecule is COc1c(CC(=N)CO)ccc[n+]1[O-]. The Labute approximate surface area is 81.7 Å². The summed E-state index contributed by atoms with van der Waals surface area (Å²) in [6, 6.07) is 3.27. The second kappa shape index (κ2) is 4.57. The Bertz CT molecular complexity index is 339. The van der Waals surface area contributed by atoms with Gasteiger partial charge < -0.3 is 20.5 Å². The van der Waals surface area contributed by atoms with E-state index in [1.165, 1.54) is 13.3 Å². The van der Waals surface area contributed by atoms with E-state index in [0.717, 1.165) is 0 Å². The van der Waals surface area contributed by atoms with E-state index in [2.05, 4.69) is 0 Å². The number of hydrogen-bond donors (Lipinski definition) is 2. The highest BCUT2D eigenvalue weighted by molar-refractivity contribution is 5.84. The molecule has 0 aromatic carbocycles. The molecule has 0 radical (unpaired) electrons. The summed E-state index contributed by atoms with van der Waals surface area (Å²) >= 11 is 0. The highest BCUT2D eigenvalue weighted by atomic mass is 16.5. The molecule has 2 N–H and O–H groups in total. The Balaban J connectivity index is 2.96. The van der Waals surface area contributed by atoms with Crippen LogP contribution in [-0.2, 0) is 6.42 Å². The molecule has 0 unspecified atom stereocenters. The zero-order chi connectivity index (χ0) is 10.6. The van der Waals surface area contributed by atoms with E-state index in [1.807, 2.05) is 0 Å². The summed E-state index contributed by atoms with van der Waals surface area (Å²) in [6.45, 7) is -0.309. The number of aliphatic hydroxyl groups excluding tert-OH is 1. The first-order valence-corrected chi connectivity index (χ1v) is 4.11. The van der Waals surface area contributed by atoms with Crippen molar-refractivity contribution in [1.29, 1.82) is 5.41 Å². The van der Waals surface area contributed by atoms with Crippen LogP contribution in [0.25, 0.3) is 0 Å². The first kappa shape index (κ1) is 10.5. The largest absolute Gasteiger partial charge is 0.616 e. The van der Waals surface area contributed by atoms with E-state index in [-0.39, 0.29) is 24.6 Å². The van der Waals surface area contributed by atoms with Gasteiger partial charge in [0.05, 0.1) is 19.3 Å². The molecular weight excluding hydrogens is 184 g/mol. The summed E-state index contributed by atoms with van der Waals surface area (Å²) in [7, 11) is 1.40. The molecule has 0 amide bonds. The maximum Gasteiger partial charge on any atom is 0.382 e. The molecule has 5 nitrogen and oxygen atoms in total. The van der Waals surface area contributed by atoms with Gasteiger partial charge in [0.1, 0.15) is 0 Å². The lowest BCUT2D eigenvalue weighted by Gasteiger charge is -2.07. The predicted octanol–water partition coefficient (Wildman–Crippen LogP) is -0.117. The number of ether oxygens (including phenoxy) is 1. The lowest BCUT2D eigenvalue weighted by atomic mass is 10.1. The molecule has 0 aliphatic rings. The first-order chi connectivity index (χ1) is 6.69. The topological polar surface area (TPSA) is 80.2 Å². The van der Waals surface area contributed by atoms with Gasteiger partial charge in [-0.2, -0.15) is 0 Å². The lowest BCUT2D eigenvalue weighted by molar-refractivity contribution is -0.612. The average Bonchev–Trinajstić information content (AvgIpc) is 2.18. The van der Waals surface area contributed by atoms with Crippen molar-refractivity contribution in [1.82, 2.24) is 0 Å². The molecule has 0 saturated heterocycles. The second-order valence-corrected chi connectivity index (χ2v) is 2.81. The average molecular weight is 196 g/mol.